The molecular weight excluding hydrogens is 345 g/mol. The number of benzene rings is 2. The maximum Gasteiger partial charge on any atom is 0.163 e. The van der Waals surface area contributed by atoms with Crippen LogP contribution in [0.2, 0.25) is 5.02 Å². The van der Waals surface area contributed by atoms with Crippen LogP contribution in [0.3, 0.4) is 0 Å². The minimum atomic E-state index is -0.300. The Morgan fingerprint density at radius 3 is 2.56 bits per heavy atom. The molecule has 0 heterocycles. The van der Waals surface area contributed by atoms with E-state index in [4.69, 9.17) is 25.8 Å². The van der Waals surface area contributed by atoms with Gasteiger partial charge < -0.3 is 19.5 Å². The van der Waals surface area contributed by atoms with Crippen LogP contribution in [0.25, 0.3) is 0 Å². The third kappa shape index (κ3) is 5.88. The number of hydrogen-bond donors (Lipinski definition) is 1. The normalized spacial score (nSPS) is 10.7. The van der Waals surface area contributed by atoms with E-state index < -0.39 is 0 Å². The lowest BCUT2D eigenvalue weighted by atomic mass is 10.2. The van der Waals surface area contributed by atoms with Crippen LogP contribution in [-0.4, -0.2) is 26.9 Å². The third-order valence-electron chi connectivity index (χ3n) is 3.55. The second kappa shape index (κ2) is 10.2. The predicted molar refractivity (Wildman–Crippen MR) is 96.9 cm³/mol. The average Bonchev–Trinajstić information content (AvgIpc) is 2.61. The van der Waals surface area contributed by atoms with Gasteiger partial charge in [-0.25, -0.2) is 4.39 Å². The minimum Gasteiger partial charge on any atom is -0.490 e. The van der Waals surface area contributed by atoms with Crippen LogP contribution < -0.4 is 14.8 Å². The molecule has 6 heteroatoms. The van der Waals surface area contributed by atoms with Crippen molar-refractivity contribution in [2.24, 2.45) is 0 Å². The van der Waals surface area contributed by atoms with Crippen molar-refractivity contribution in [3.8, 4) is 11.5 Å². The van der Waals surface area contributed by atoms with E-state index in [0.717, 1.165) is 12.1 Å². The molecule has 0 aromatic heterocycles. The summed E-state index contributed by atoms with van der Waals surface area (Å²) in [6.45, 7) is 4.44. The van der Waals surface area contributed by atoms with E-state index in [1.165, 1.54) is 6.07 Å². The van der Waals surface area contributed by atoms with Gasteiger partial charge >= 0.3 is 0 Å². The maximum atomic E-state index is 13.7. The first-order valence-corrected chi connectivity index (χ1v) is 8.54. The third-order valence-corrected chi connectivity index (χ3v) is 3.90. The van der Waals surface area contributed by atoms with Crippen molar-refractivity contribution in [3.63, 3.8) is 0 Å². The fraction of sp³-hybridized carbons (Fsp3) is 0.368. The number of ether oxygens (including phenoxy) is 3. The van der Waals surface area contributed by atoms with Crippen molar-refractivity contribution in [2.75, 3.05) is 26.9 Å². The highest BCUT2D eigenvalue weighted by Gasteiger charge is 2.12. The highest BCUT2D eigenvalue weighted by Crippen LogP contribution is 2.34. The van der Waals surface area contributed by atoms with E-state index in [0.29, 0.717) is 41.8 Å². The van der Waals surface area contributed by atoms with Gasteiger partial charge in [0.05, 0.1) is 13.2 Å². The topological polar surface area (TPSA) is 39.7 Å². The molecule has 0 aliphatic heterocycles. The quantitative estimate of drug-likeness (QED) is 0.639. The van der Waals surface area contributed by atoms with E-state index in [1.54, 1.807) is 31.4 Å². The molecule has 2 aromatic rings. The second-order valence-corrected chi connectivity index (χ2v) is 5.78. The first kappa shape index (κ1) is 19.5. The molecule has 4 nitrogen and oxygen atoms in total. The Morgan fingerprint density at radius 2 is 1.84 bits per heavy atom. The monoisotopic (exact) mass is 367 g/mol. The number of hydrogen-bond acceptors (Lipinski definition) is 4. The minimum absolute atomic E-state index is 0.106. The summed E-state index contributed by atoms with van der Waals surface area (Å²) in [5.41, 5.74) is 1.38. The molecule has 2 aromatic carbocycles. The highest BCUT2D eigenvalue weighted by atomic mass is 35.5. The van der Waals surface area contributed by atoms with Gasteiger partial charge in [0.15, 0.2) is 11.5 Å². The summed E-state index contributed by atoms with van der Waals surface area (Å²) >= 11 is 6.35. The van der Waals surface area contributed by atoms with Crippen LogP contribution in [0.15, 0.2) is 36.4 Å². The van der Waals surface area contributed by atoms with Gasteiger partial charge in [0.1, 0.15) is 12.4 Å². The van der Waals surface area contributed by atoms with Gasteiger partial charge in [0, 0.05) is 36.9 Å². The Labute approximate surface area is 152 Å². The van der Waals surface area contributed by atoms with Crippen molar-refractivity contribution in [3.05, 3.63) is 58.4 Å². The largest absolute Gasteiger partial charge is 0.490 e. The van der Waals surface area contributed by atoms with Gasteiger partial charge in [0.2, 0.25) is 0 Å². The number of halogens is 2. The molecule has 0 aliphatic carbocycles. The van der Waals surface area contributed by atoms with Crippen LogP contribution in [-0.2, 0) is 17.9 Å². The van der Waals surface area contributed by atoms with Crippen molar-refractivity contribution in [1.29, 1.82) is 0 Å². The second-order valence-electron chi connectivity index (χ2n) is 5.37. The van der Waals surface area contributed by atoms with Gasteiger partial charge in [-0.2, -0.15) is 0 Å². The molecule has 25 heavy (non-hydrogen) atoms. The first-order chi connectivity index (χ1) is 12.2. The van der Waals surface area contributed by atoms with E-state index in [9.17, 15) is 4.39 Å². The highest BCUT2D eigenvalue weighted by molar-refractivity contribution is 6.31. The van der Waals surface area contributed by atoms with Crippen LogP contribution >= 0.6 is 11.6 Å². The summed E-state index contributed by atoms with van der Waals surface area (Å²) in [6.07, 6.45) is 0. The lowest BCUT2D eigenvalue weighted by Crippen LogP contribution is -2.18. The van der Waals surface area contributed by atoms with Crippen molar-refractivity contribution < 1.29 is 18.6 Å². The van der Waals surface area contributed by atoms with Crippen LogP contribution in [0.5, 0.6) is 11.5 Å². The smallest absolute Gasteiger partial charge is 0.163 e. The summed E-state index contributed by atoms with van der Waals surface area (Å²) in [4.78, 5) is 0. The summed E-state index contributed by atoms with van der Waals surface area (Å²) in [6, 6.07) is 10.1. The number of nitrogens with one attached hydrogen (secondary N) is 1. The fourth-order valence-corrected chi connectivity index (χ4v) is 2.48. The molecule has 0 radical (unpaired) electrons. The van der Waals surface area contributed by atoms with Gasteiger partial charge in [-0.05, 0) is 24.6 Å². The Balaban J connectivity index is 2.11. The Hall–Kier alpha value is -1.82. The zero-order valence-corrected chi connectivity index (χ0v) is 15.2. The molecule has 0 saturated heterocycles. The SMILES string of the molecule is CCOc1cc(CNCCOC)c(Cl)cc1OCc1ccccc1F. The molecule has 1 N–H and O–H groups in total. The standard InChI is InChI=1S/C19H23ClFNO3/c1-3-24-18-10-15(12-22-8-9-23-2)16(20)11-19(18)25-13-14-6-4-5-7-17(14)21/h4-7,10-11,22H,3,8-9,12-13H2,1-2H3. The Morgan fingerprint density at radius 1 is 1.08 bits per heavy atom. The first-order valence-electron chi connectivity index (χ1n) is 8.16. The zero-order valence-electron chi connectivity index (χ0n) is 14.5. The molecule has 2 rings (SSSR count). The summed E-state index contributed by atoms with van der Waals surface area (Å²) < 4.78 is 30.1. The molecule has 0 aliphatic rings. The molecule has 0 atom stereocenters. The van der Waals surface area contributed by atoms with E-state index in [-0.39, 0.29) is 12.4 Å². The number of rotatable bonds is 10. The van der Waals surface area contributed by atoms with E-state index >= 15 is 0 Å². The van der Waals surface area contributed by atoms with Crippen LogP contribution in [0, 0.1) is 5.82 Å². The molecule has 0 amide bonds. The van der Waals surface area contributed by atoms with E-state index in [1.807, 2.05) is 13.0 Å². The zero-order chi connectivity index (χ0) is 18.1. The molecule has 0 fully saturated rings. The van der Waals surface area contributed by atoms with Crippen LogP contribution in [0.4, 0.5) is 4.39 Å². The lowest BCUT2D eigenvalue weighted by molar-refractivity contribution is 0.199. The molecule has 0 bridgehead atoms. The van der Waals surface area contributed by atoms with E-state index in [2.05, 4.69) is 5.32 Å². The molecule has 136 valence electrons. The van der Waals surface area contributed by atoms with Crippen molar-refractivity contribution >= 4 is 11.6 Å². The van der Waals surface area contributed by atoms with Crippen LogP contribution in [0.1, 0.15) is 18.1 Å². The van der Waals surface area contributed by atoms with Crippen molar-refractivity contribution in [1.82, 2.24) is 5.32 Å². The number of methoxy groups -OCH3 is 1. The molecule has 0 saturated carbocycles. The lowest BCUT2D eigenvalue weighted by Gasteiger charge is -2.15. The molecule has 0 spiro atoms. The molecule has 0 unspecified atom stereocenters. The maximum absolute atomic E-state index is 13.7. The predicted octanol–water partition coefficient (Wildman–Crippen LogP) is 4.19. The van der Waals surface area contributed by atoms with Gasteiger partial charge in [0.25, 0.3) is 0 Å². The fourth-order valence-electron chi connectivity index (χ4n) is 2.26. The Bertz CT molecular complexity index is 682. The summed E-state index contributed by atoms with van der Waals surface area (Å²) in [7, 11) is 1.66. The van der Waals surface area contributed by atoms with Crippen molar-refractivity contribution in [2.45, 2.75) is 20.1 Å². The van der Waals surface area contributed by atoms with Gasteiger partial charge in [-0.15, -0.1) is 0 Å². The summed E-state index contributed by atoms with van der Waals surface area (Å²) in [5, 5.41) is 3.81. The van der Waals surface area contributed by atoms with Gasteiger partial charge in [-0.3, -0.25) is 0 Å². The van der Waals surface area contributed by atoms with Gasteiger partial charge in [-0.1, -0.05) is 29.8 Å². The molecular formula is C19H23ClFNO3. The Kier molecular flexibility index (Phi) is 7.98. The summed E-state index contributed by atoms with van der Waals surface area (Å²) in [5.74, 6) is 0.785. The average molecular weight is 368 g/mol.